The van der Waals surface area contributed by atoms with Gasteiger partial charge in [-0.15, -0.1) is 0 Å². The van der Waals surface area contributed by atoms with E-state index in [-0.39, 0.29) is 5.56 Å². The van der Waals surface area contributed by atoms with E-state index in [1.807, 2.05) is 0 Å². The third-order valence-electron chi connectivity index (χ3n) is 1.62. The molecule has 1 nitrogen and oxygen atoms in total. The van der Waals surface area contributed by atoms with Gasteiger partial charge in [-0.25, -0.2) is 13.2 Å². The zero-order valence-corrected chi connectivity index (χ0v) is 7.47. The molecule has 76 valence electrons. The molecule has 1 rings (SSSR count). The third-order valence-corrected chi connectivity index (χ3v) is 1.62. The van der Waals surface area contributed by atoms with E-state index in [2.05, 4.69) is 0 Å². The standard InChI is InChI=1S/C10H9F3O/c1-10(13,14)9(12)8(11)7-5-3-2-4-6-7/h2-6,14H,1H3/t10-/m0/s1. The Morgan fingerprint density at radius 1 is 1.21 bits per heavy atom. The molecular weight excluding hydrogens is 193 g/mol. The van der Waals surface area contributed by atoms with Crippen LogP contribution in [0.15, 0.2) is 36.2 Å². The molecule has 1 N–H and O–H groups in total. The van der Waals surface area contributed by atoms with E-state index >= 15 is 0 Å². The fourth-order valence-corrected chi connectivity index (χ4v) is 0.912. The Kier molecular flexibility index (Phi) is 2.96. The SMILES string of the molecule is C[C@@](O)(F)C(F)=C(F)c1ccccc1. The molecule has 0 bridgehead atoms. The topological polar surface area (TPSA) is 20.2 Å². The van der Waals surface area contributed by atoms with Crippen molar-refractivity contribution in [1.82, 2.24) is 0 Å². The van der Waals surface area contributed by atoms with Crippen molar-refractivity contribution in [1.29, 1.82) is 0 Å². The molecule has 0 saturated heterocycles. The van der Waals surface area contributed by atoms with Crippen molar-refractivity contribution in [2.24, 2.45) is 0 Å². The van der Waals surface area contributed by atoms with E-state index in [4.69, 9.17) is 5.11 Å². The maximum absolute atomic E-state index is 13.1. The van der Waals surface area contributed by atoms with Crippen molar-refractivity contribution in [3.05, 3.63) is 41.7 Å². The predicted octanol–water partition coefficient (Wildman–Crippen LogP) is 2.97. The molecule has 0 aliphatic carbocycles. The van der Waals surface area contributed by atoms with E-state index in [0.29, 0.717) is 6.92 Å². The lowest BCUT2D eigenvalue weighted by atomic mass is 10.1. The summed E-state index contributed by atoms with van der Waals surface area (Å²) in [7, 11) is 0. The van der Waals surface area contributed by atoms with Gasteiger partial charge < -0.3 is 5.11 Å². The molecule has 0 aliphatic heterocycles. The van der Waals surface area contributed by atoms with E-state index in [9.17, 15) is 13.2 Å². The number of benzene rings is 1. The summed E-state index contributed by atoms with van der Waals surface area (Å²) in [5.41, 5.74) is -0.108. The molecule has 0 fully saturated rings. The van der Waals surface area contributed by atoms with Gasteiger partial charge in [-0.1, -0.05) is 30.3 Å². The van der Waals surface area contributed by atoms with Gasteiger partial charge in [0, 0.05) is 12.5 Å². The molecular formula is C10H9F3O. The van der Waals surface area contributed by atoms with Crippen molar-refractivity contribution >= 4 is 5.83 Å². The lowest BCUT2D eigenvalue weighted by molar-refractivity contribution is -0.0522. The van der Waals surface area contributed by atoms with Gasteiger partial charge >= 0.3 is 0 Å². The summed E-state index contributed by atoms with van der Waals surface area (Å²) >= 11 is 0. The zero-order valence-electron chi connectivity index (χ0n) is 7.47. The Morgan fingerprint density at radius 3 is 2.14 bits per heavy atom. The minimum Gasteiger partial charge on any atom is -0.357 e. The summed E-state index contributed by atoms with van der Waals surface area (Å²) in [6.07, 6.45) is 0. The first-order chi connectivity index (χ1) is 6.43. The molecule has 0 heterocycles. The molecule has 14 heavy (non-hydrogen) atoms. The van der Waals surface area contributed by atoms with Crippen molar-refractivity contribution < 1.29 is 18.3 Å². The quantitative estimate of drug-likeness (QED) is 0.781. The maximum atomic E-state index is 13.1. The second-order valence-electron chi connectivity index (χ2n) is 2.95. The van der Waals surface area contributed by atoms with E-state index < -0.39 is 17.5 Å². The Balaban J connectivity index is 3.12. The van der Waals surface area contributed by atoms with Crippen molar-refractivity contribution in [3.63, 3.8) is 0 Å². The lowest BCUT2D eigenvalue weighted by Crippen LogP contribution is -2.17. The molecule has 1 aromatic rings. The predicted molar refractivity (Wildman–Crippen MR) is 47.3 cm³/mol. The smallest absolute Gasteiger partial charge is 0.259 e. The van der Waals surface area contributed by atoms with Gasteiger partial charge in [-0.05, 0) is 0 Å². The Labute approximate surface area is 79.5 Å². The first-order valence-corrected chi connectivity index (χ1v) is 3.95. The van der Waals surface area contributed by atoms with Crippen LogP contribution in [-0.4, -0.2) is 11.0 Å². The number of halogens is 3. The van der Waals surface area contributed by atoms with Crippen LogP contribution in [-0.2, 0) is 0 Å². The average Bonchev–Trinajstić information content (AvgIpc) is 2.15. The second kappa shape index (κ2) is 3.84. The summed E-state index contributed by atoms with van der Waals surface area (Å²) < 4.78 is 38.6. The van der Waals surface area contributed by atoms with Crippen LogP contribution in [0.2, 0.25) is 0 Å². The van der Waals surface area contributed by atoms with Gasteiger partial charge in [-0.3, -0.25) is 0 Å². The molecule has 4 heteroatoms. The number of hydrogen-bond donors (Lipinski definition) is 1. The molecule has 1 aromatic carbocycles. The maximum Gasteiger partial charge on any atom is 0.259 e. The average molecular weight is 202 g/mol. The van der Waals surface area contributed by atoms with Crippen LogP contribution in [0.4, 0.5) is 13.2 Å². The highest BCUT2D eigenvalue weighted by molar-refractivity contribution is 5.61. The lowest BCUT2D eigenvalue weighted by Gasteiger charge is -2.10. The molecule has 0 aromatic heterocycles. The second-order valence-corrected chi connectivity index (χ2v) is 2.95. The molecule has 0 aliphatic rings. The minimum atomic E-state index is -3.28. The molecule has 0 spiro atoms. The summed E-state index contributed by atoms with van der Waals surface area (Å²) in [5.74, 6) is -6.48. The normalized spacial score (nSPS) is 17.2. The number of rotatable bonds is 2. The van der Waals surface area contributed by atoms with Crippen LogP contribution in [0.3, 0.4) is 0 Å². The van der Waals surface area contributed by atoms with Gasteiger partial charge in [0.1, 0.15) is 0 Å². The van der Waals surface area contributed by atoms with E-state index in [1.54, 1.807) is 6.07 Å². The fourth-order valence-electron chi connectivity index (χ4n) is 0.912. The van der Waals surface area contributed by atoms with Gasteiger partial charge in [0.25, 0.3) is 5.85 Å². The molecule has 0 saturated carbocycles. The Hall–Kier alpha value is -1.29. The van der Waals surface area contributed by atoms with Crippen LogP contribution in [0, 0.1) is 0 Å². The third kappa shape index (κ3) is 2.35. The Morgan fingerprint density at radius 2 is 1.71 bits per heavy atom. The minimum absolute atomic E-state index is 0.108. The highest BCUT2D eigenvalue weighted by atomic mass is 19.2. The molecule has 0 unspecified atom stereocenters. The van der Waals surface area contributed by atoms with Gasteiger partial charge in [-0.2, -0.15) is 0 Å². The molecule has 0 amide bonds. The molecule has 1 atom stereocenters. The Bertz CT molecular complexity index is 338. The summed E-state index contributed by atoms with van der Waals surface area (Å²) in [6.45, 7) is 0.533. The van der Waals surface area contributed by atoms with E-state index in [1.165, 1.54) is 24.3 Å². The van der Waals surface area contributed by atoms with Gasteiger partial charge in [0.15, 0.2) is 11.7 Å². The first-order valence-electron chi connectivity index (χ1n) is 3.95. The highest BCUT2D eigenvalue weighted by Crippen LogP contribution is 2.29. The van der Waals surface area contributed by atoms with Gasteiger partial charge in [0.05, 0.1) is 0 Å². The first kappa shape index (κ1) is 10.8. The highest BCUT2D eigenvalue weighted by Gasteiger charge is 2.29. The number of hydrogen-bond acceptors (Lipinski definition) is 1. The van der Waals surface area contributed by atoms with Gasteiger partial charge in [0.2, 0.25) is 0 Å². The fraction of sp³-hybridized carbons (Fsp3) is 0.200. The van der Waals surface area contributed by atoms with Crippen molar-refractivity contribution in [3.8, 4) is 0 Å². The van der Waals surface area contributed by atoms with Crippen LogP contribution < -0.4 is 0 Å². The van der Waals surface area contributed by atoms with Crippen molar-refractivity contribution in [2.75, 3.05) is 0 Å². The zero-order chi connectivity index (χ0) is 10.8. The molecule has 0 radical (unpaired) electrons. The summed E-state index contributed by atoms with van der Waals surface area (Å²) in [5, 5.41) is 8.58. The van der Waals surface area contributed by atoms with Crippen molar-refractivity contribution in [2.45, 2.75) is 12.8 Å². The van der Waals surface area contributed by atoms with Crippen LogP contribution in [0.5, 0.6) is 0 Å². The monoisotopic (exact) mass is 202 g/mol. The number of aliphatic hydroxyl groups is 1. The number of alkyl halides is 1. The summed E-state index contributed by atoms with van der Waals surface area (Å²) in [4.78, 5) is 0. The largest absolute Gasteiger partial charge is 0.357 e. The summed E-state index contributed by atoms with van der Waals surface area (Å²) in [6, 6.07) is 7.13. The van der Waals surface area contributed by atoms with E-state index in [0.717, 1.165) is 0 Å². The van der Waals surface area contributed by atoms with Crippen LogP contribution >= 0.6 is 0 Å². The van der Waals surface area contributed by atoms with Crippen LogP contribution in [0.1, 0.15) is 12.5 Å². The van der Waals surface area contributed by atoms with Crippen LogP contribution in [0.25, 0.3) is 5.83 Å².